The van der Waals surface area contributed by atoms with Gasteiger partial charge >= 0.3 is 11.9 Å². The number of aliphatic carboxylic acids is 1. The van der Waals surface area contributed by atoms with Gasteiger partial charge in [0.25, 0.3) is 0 Å². The summed E-state index contributed by atoms with van der Waals surface area (Å²) in [5.74, 6) is -2.80. The van der Waals surface area contributed by atoms with E-state index in [1.165, 1.54) is 0 Å². The zero-order valence-electron chi connectivity index (χ0n) is 10.5. The maximum absolute atomic E-state index is 11.4. The summed E-state index contributed by atoms with van der Waals surface area (Å²) in [6, 6.07) is 9.78. The van der Waals surface area contributed by atoms with E-state index in [9.17, 15) is 9.59 Å². The third kappa shape index (κ3) is 4.57. The monoisotopic (exact) mass is 250 g/mol. The van der Waals surface area contributed by atoms with Gasteiger partial charge in [0.2, 0.25) is 0 Å². The first kappa shape index (κ1) is 14.2. The van der Waals surface area contributed by atoms with E-state index in [4.69, 9.17) is 9.84 Å². The molecule has 98 valence electrons. The molecule has 0 aliphatic heterocycles. The molecule has 0 amide bonds. The van der Waals surface area contributed by atoms with Crippen LogP contribution in [0.1, 0.15) is 25.3 Å². The van der Waals surface area contributed by atoms with Crippen molar-refractivity contribution in [2.24, 2.45) is 5.92 Å². The quantitative estimate of drug-likeness (QED) is 0.595. The molecular weight excluding hydrogens is 232 g/mol. The molecule has 0 fully saturated rings. The molecule has 0 aromatic heterocycles. The second kappa shape index (κ2) is 7.48. The molecule has 0 bridgehead atoms. The summed E-state index contributed by atoms with van der Waals surface area (Å²) in [7, 11) is 0. The highest BCUT2D eigenvalue weighted by atomic mass is 16.5. The summed E-state index contributed by atoms with van der Waals surface area (Å²) in [5, 5.41) is 8.97. The Morgan fingerprint density at radius 3 is 2.50 bits per heavy atom. The van der Waals surface area contributed by atoms with Gasteiger partial charge in [0.1, 0.15) is 0 Å². The topological polar surface area (TPSA) is 63.6 Å². The van der Waals surface area contributed by atoms with Crippen LogP contribution in [0.25, 0.3) is 0 Å². The highest BCUT2D eigenvalue weighted by Crippen LogP contribution is 2.13. The molecule has 4 heteroatoms. The molecule has 0 aliphatic carbocycles. The first-order valence-electron chi connectivity index (χ1n) is 6.08. The Hall–Kier alpha value is -1.84. The van der Waals surface area contributed by atoms with Crippen molar-refractivity contribution in [2.45, 2.75) is 26.2 Å². The van der Waals surface area contributed by atoms with Crippen molar-refractivity contribution in [1.29, 1.82) is 0 Å². The Labute approximate surface area is 107 Å². The van der Waals surface area contributed by atoms with Crippen LogP contribution in [0.3, 0.4) is 0 Å². The van der Waals surface area contributed by atoms with Gasteiger partial charge in [0.05, 0.1) is 6.61 Å². The molecule has 1 aromatic carbocycles. The van der Waals surface area contributed by atoms with Crippen LogP contribution in [0, 0.1) is 5.92 Å². The standard InChI is InChI=1S/C14H18O4/c1-2-18-14(17)12(13(15)16)10-6-9-11-7-4-3-5-8-11/h3-5,7-8,12H,2,6,9-10H2,1H3,(H,15,16). The Balaban J connectivity index is 2.43. The predicted octanol–water partition coefficient (Wildman–Crippen LogP) is 2.27. The maximum Gasteiger partial charge on any atom is 0.320 e. The average molecular weight is 250 g/mol. The molecule has 18 heavy (non-hydrogen) atoms. The Morgan fingerprint density at radius 2 is 1.94 bits per heavy atom. The van der Waals surface area contributed by atoms with Crippen LogP contribution in [0.4, 0.5) is 0 Å². The third-order valence-electron chi connectivity index (χ3n) is 2.67. The average Bonchev–Trinajstić information content (AvgIpc) is 2.35. The van der Waals surface area contributed by atoms with Crippen LogP contribution in [0.2, 0.25) is 0 Å². The van der Waals surface area contributed by atoms with Gasteiger partial charge in [-0.25, -0.2) is 0 Å². The van der Waals surface area contributed by atoms with E-state index in [0.717, 1.165) is 12.0 Å². The fraction of sp³-hybridized carbons (Fsp3) is 0.429. The van der Waals surface area contributed by atoms with Crippen molar-refractivity contribution >= 4 is 11.9 Å². The number of carbonyl (C=O) groups is 2. The predicted molar refractivity (Wildman–Crippen MR) is 67.1 cm³/mol. The molecule has 1 N–H and O–H groups in total. The lowest BCUT2D eigenvalue weighted by Gasteiger charge is -2.10. The Morgan fingerprint density at radius 1 is 1.28 bits per heavy atom. The minimum absolute atomic E-state index is 0.210. The second-order valence-corrected chi connectivity index (χ2v) is 4.02. The molecular formula is C14H18O4. The van der Waals surface area contributed by atoms with Crippen molar-refractivity contribution in [1.82, 2.24) is 0 Å². The minimum Gasteiger partial charge on any atom is -0.481 e. The fourth-order valence-corrected chi connectivity index (χ4v) is 1.74. The second-order valence-electron chi connectivity index (χ2n) is 4.02. The van der Waals surface area contributed by atoms with Gasteiger partial charge in [-0.05, 0) is 31.7 Å². The van der Waals surface area contributed by atoms with Crippen LogP contribution in [0.15, 0.2) is 30.3 Å². The summed E-state index contributed by atoms with van der Waals surface area (Å²) < 4.78 is 4.75. The lowest BCUT2D eigenvalue weighted by atomic mass is 10.00. The first-order chi connectivity index (χ1) is 8.65. The number of rotatable bonds is 7. The molecule has 1 aromatic rings. The molecule has 0 radical (unpaired) electrons. The number of ether oxygens (including phenoxy) is 1. The maximum atomic E-state index is 11.4. The van der Waals surface area contributed by atoms with Crippen LogP contribution in [0.5, 0.6) is 0 Å². The van der Waals surface area contributed by atoms with Gasteiger partial charge in [0, 0.05) is 0 Å². The van der Waals surface area contributed by atoms with Crippen LogP contribution in [-0.4, -0.2) is 23.7 Å². The summed E-state index contributed by atoms with van der Waals surface area (Å²) in [6.07, 6.45) is 1.73. The highest BCUT2D eigenvalue weighted by Gasteiger charge is 2.26. The summed E-state index contributed by atoms with van der Waals surface area (Å²) in [5.41, 5.74) is 1.14. The SMILES string of the molecule is CCOC(=O)C(CCCc1ccccc1)C(=O)O. The van der Waals surface area contributed by atoms with Gasteiger partial charge < -0.3 is 9.84 Å². The number of hydrogen-bond acceptors (Lipinski definition) is 3. The third-order valence-corrected chi connectivity index (χ3v) is 2.67. The normalized spacial score (nSPS) is 11.8. The summed E-state index contributed by atoms with van der Waals surface area (Å²) >= 11 is 0. The number of carbonyl (C=O) groups excluding carboxylic acids is 1. The largest absolute Gasteiger partial charge is 0.481 e. The molecule has 0 saturated carbocycles. The van der Waals surface area contributed by atoms with Crippen LogP contribution < -0.4 is 0 Å². The van der Waals surface area contributed by atoms with Crippen molar-refractivity contribution in [3.8, 4) is 0 Å². The number of esters is 1. The van der Waals surface area contributed by atoms with E-state index in [2.05, 4.69) is 0 Å². The van der Waals surface area contributed by atoms with Gasteiger partial charge in [0.15, 0.2) is 5.92 Å². The number of benzene rings is 1. The number of aryl methyl sites for hydroxylation is 1. The van der Waals surface area contributed by atoms with Crippen LogP contribution >= 0.6 is 0 Å². The fourth-order valence-electron chi connectivity index (χ4n) is 1.74. The molecule has 0 spiro atoms. The van der Waals surface area contributed by atoms with Crippen molar-refractivity contribution in [3.05, 3.63) is 35.9 Å². The van der Waals surface area contributed by atoms with Crippen molar-refractivity contribution in [3.63, 3.8) is 0 Å². The first-order valence-corrected chi connectivity index (χ1v) is 6.08. The van der Waals surface area contributed by atoms with E-state index in [1.807, 2.05) is 30.3 Å². The van der Waals surface area contributed by atoms with E-state index in [0.29, 0.717) is 12.8 Å². The lowest BCUT2D eigenvalue weighted by Crippen LogP contribution is -2.26. The molecule has 0 saturated heterocycles. The van der Waals surface area contributed by atoms with Gasteiger partial charge in [-0.15, -0.1) is 0 Å². The van der Waals surface area contributed by atoms with E-state index in [-0.39, 0.29) is 6.61 Å². The van der Waals surface area contributed by atoms with Gasteiger partial charge in [-0.2, -0.15) is 0 Å². The highest BCUT2D eigenvalue weighted by molar-refractivity contribution is 5.93. The van der Waals surface area contributed by atoms with Crippen molar-refractivity contribution in [2.75, 3.05) is 6.61 Å². The van der Waals surface area contributed by atoms with Crippen LogP contribution in [-0.2, 0) is 20.7 Å². The lowest BCUT2D eigenvalue weighted by molar-refractivity contribution is -0.158. The molecule has 0 heterocycles. The van der Waals surface area contributed by atoms with Gasteiger partial charge in [-0.3, -0.25) is 9.59 Å². The van der Waals surface area contributed by atoms with Gasteiger partial charge in [-0.1, -0.05) is 30.3 Å². The molecule has 0 aliphatic rings. The molecule has 1 rings (SSSR count). The van der Waals surface area contributed by atoms with E-state index < -0.39 is 17.9 Å². The molecule has 1 atom stereocenters. The smallest absolute Gasteiger partial charge is 0.320 e. The molecule has 1 unspecified atom stereocenters. The number of carboxylic acid groups (broad SMARTS) is 1. The Kier molecular flexibility index (Phi) is 5.91. The van der Waals surface area contributed by atoms with E-state index >= 15 is 0 Å². The Bertz CT molecular complexity index is 386. The summed E-state index contributed by atoms with van der Waals surface area (Å²) in [6.45, 7) is 1.88. The van der Waals surface area contributed by atoms with E-state index in [1.54, 1.807) is 6.92 Å². The minimum atomic E-state index is -1.11. The van der Waals surface area contributed by atoms with Crippen molar-refractivity contribution < 1.29 is 19.4 Å². The zero-order chi connectivity index (χ0) is 13.4. The summed E-state index contributed by atoms with van der Waals surface area (Å²) in [4.78, 5) is 22.4. The number of carboxylic acids is 1. The zero-order valence-corrected chi connectivity index (χ0v) is 10.5. The molecule has 4 nitrogen and oxygen atoms in total. The number of hydrogen-bond donors (Lipinski definition) is 1.